The van der Waals surface area contributed by atoms with Crippen LogP contribution in [0.3, 0.4) is 0 Å². The van der Waals surface area contributed by atoms with E-state index in [9.17, 15) is 4.79 Å². The molecule has 0 unspecified atom stereocenters. The molecule has 132 valence electrons. The third kappa shape index (κ3) is 4.72. The fourth-order valence-corrected chi connectivity index (χ4v) is 2.97. The first-order valence-electron chi connectivity index (χ1n) is 8.53. The van der Waals surface area contributed by atoms with Gasteiger partial charge in [-0.2, -0.15) is 0 Å². The molecule has 0 radical (unpaired) electrons. The van der Waals surface area contributed by atoms with Crippen LogP contribution in [0, 0.1) is 6.92 Å². The van der Waals surface area contributed by atoms with E-state index in [1.165, 1.54) is 11.1 Å². The van der Waals surface area contributed by atoms with Gasteiger partial charge in [0, 0.05) is 18.8 Å². The standard InChI is InChI=1S/C22H21ClN2O/c1-16-7-2-3-9-18(16)15-24-14-17-8-6-10-19(13-17)25-22(26)20-11-4-5-12-21(20)23/h2-13,24H,14-15H2,1H3,(H,25,26). The molecule has 0 aliphatic rings. The summed E-state index contributed by atoms with van der Waals surface area (Å²) in [6, 6.07) is 23.2. The summed E-state index contributed by atoms with van der Waals surface area (Å²) in [5, 5.41) is 6.80. The number of amides is 1. The zero-order chi connectivity index (χ0) is 18.4. The van der Waals surface area contributed by atoms with E-state index in [-0.39, 0.29) is 5.91 Å². The average Bonchev–Trinajstić information content (AvgIpc) is 2.64. The van der Waals surface area contributed by atoms with Gasteiger partial charge in [0.05, 0.1) is 10.6 Å². The predicted octanol–water partition coefficient (Wildman–Crippen LogP) is 5.19. The van der Waals surface area contributed by atoms with E-state index in [0.717, 1.165) is 24.3 Å². The Morgan fingerprint density at radius 2 is 1.69 bits per heavy atom. The minimum atomic E-state index is -0.208. The summed E-state index contributed by atoms with van der Waals surface area (Å²) >= 11 is 6.09. The average molecular weight is 365 g/mol. The van der Waals surface area contributed by atoms with Crippen LogP contribution in [0.2, 0.25) is 5.02 Å². The molecule has 0 heterocycles. The Kier molecular flexibility index (Phi) is 6.05. The van der Waals surface area contributed by atoms with Crippen molar-refractivity contribution in [3.63, 3.8) is 0 Å². The molecule has 3 rings (SSSR count). The maximum Gasteiger partial charge on any atom is 0.257 e. The smallest absolute Gasteiger partial charge is 0.257 e. The van der Waals surface area contributed by atoms with Crippen molar-refractivity contribution < 1.29 is 4.79 Å². The SMILES string of the molecule is Cc1ccccc1CNCc1cccc(NC(=O)c2ccccc2Cl)c1. The van der Waals surface area contributed by atoms with Crippen molar-refractivity contribution >= 4 is 23.2 Å². The summed E-state index contributed by atoms with van der Waals surface area (Å²) in [6.45, 7) is 3.65. The molecule has 1 amide bonds. The summed E-state index contributed by atoms with van der Waals surface area (Å²) in [6.07, 6.45) is 0. The largest absolute Gasteiger partial charge is 0.322 e. The highest BCUT2D eigenvalue weighted by molar-refractivity contribution is 6.34. The van der Waals surface area contributed by atoms with E-state index >= 15 is 0 Å². The maximum absolute atomic E-state index is 12.4. The first-order valence-corrected chi connectivity index (χ1v) is 8.91. The predicted molar refractivity (Wildman–Crippen MR) is 108 cm³/mol. The van der Waals surface area contributed by atoms with Gasteiger partial charge in [-0.1, -0.05) is 60.1 Å². The molecule has 3 aromatic rings. The van der Waals surface area contributed by atoms with Gasteiger partial charge in [-0.15, -0.1) is 0 Å². The molecular weight excluding hydrogens is 344 g/mol. The van der Waals surface area contributed by atoms with Crippen LogP contribution in [0.1, 0.15) is 27.0 Å². The van der Waals surface area contributed by atoms with Crippen LogP contribution >= 0.6 is 11.6 Å². The number of benzene rings is 3. The lowest BCUT2D eigenvalue weighted by molar-refractivity contribution is 0.102. The minimum Gasteiger partial charge on any atom is -0.322 e. The Labute approximate surface area is 159 Å². The third-order valence-electron chi connectivity index (χ3n) is 4.21. The number of aryl methyl sites for hydroxylation is 1. The second-order valence-electron chi connectivity index (χ2n) is 6.16. The minimum absolute atomic E-state index is 0.208. The quantitative estimate of drug-likeness (QED) is 0.632. The number of nitrogens with one attached hydrogen (secondary N) is 2. The van der Waals surface area contributed by atoms with Crippen LogP contribution in [0.25, 0.3) is 0 Å². The lowest BCUT2D eigenvalue weighted by Gasteiger charge is -2.10. The first-order chi connectivity index (χ1) is 12.6. The molecule has 4 heteroatoms. The van der Waals surface area contributed by atoms with Crippen LogP contribution in [-0.4, -0.2) is 5.91 Å². The number of hydrogen-bond donors (Lipinski definition) is 2. The highest BCUT2D eigenvalue weighted by atomic mass is 35.5. The number of carbonyl (C=O) groups excluding carboxylic acids is 1. The molecule has 0 aliphatic heterocycles. The molecule has 3 aromatic carbocycles. The van der Waals surface area contributed by atoms with Gasteiger partial charge in [0.1, 0.15) is 0 Å². The molecule has 0 aromatic heterocycles. The van der Waals surface area contributed by atoms with Crippen molar-refractivity contribution in [2.45, 2.75) is 20.0 Å². The highest BCUT2D eigenvalue weighted by Crippen LogP contribution is 2.18. The fourth-order valence-electron chi connectivity index (χ4n) is 2.75. The van der Waals surface area contributed by atoms with E-state index in [2.05, 4.69) is 35.8 Å². The normalized spacial score (nSPS) is 10.5. The second-order valence-corrected chi connectivity index (χ2v) is 6.57. The van der Waals surface area contributed by atoms with Gasteiger partial charge in [-0.25, -0.2) is 0 Å². The van der Waals surface area contributed by atoms with Crippen molar-refractivity contribution in [1.82, 2.24) is 5.32 Å². The summed E-state index contributed by atoms with van der Waals surface area (Å²) in [5.74, 6) is -0.208. The van der Waals surface area contributed by atoms with Gasteiger partial charge in [0.2, 0.25) is 0 Å². The summed E-state index contributed by atoms with van der Waals surface area (Å²) in [5.41, 5.74) is 4.90. The molecule has 0 fully saturated rings. The van der Waals surface area contributed by atoms with E-state index in [4.69, 9.17) is 11.6 Å². The molecule has 3 nitrogen and oxygen atoms in total. The number of halogens is 1. The third-order valence-corrected chi connectivity index (χ3v) is 4.54. The van der Waals surface area contributed by atoms with Crippen LogP contribution in [0.15, 0.2) is 72.8 Å². The van der Waals surface area contributed by atoms with E-state index in [1.54, 1.807) is 24.3 Å². The highest BCUT2D eigenvalue weighted by Gasteiger charge is 2.09. The topological polar surface area (TPSA) is 41.1 Å². The Morgan fingerprint density at radius 1 is 0.923 bits per heavy atom. The molecule has 0 spiro atoms. The first kappa shape index (κ1) is 18.2. The van der Waals surface area contributed by atoms with Crippen molar-refractivity contribution in [3.05, 3.63) is 100 Å². The maximum atomic E-state index is 12.4. The van der Waals surface area contributed by atoms with Crippen molar-refractivity contribution in [1.29, 1.82) is 0 Å². The summed E-state index contributed by atoms with van der Waals surface area (Å²) < 4.78 is 0. The van der Waals surface area contributed by atoms with Gasteiger partial charge in [0.15, 0.2) is 0 Å². The molecule has 0 aliphatic carbocycles. The summed E-state index contributed by atoms with van der Waals surface area (Å²) in [4.78, 5) is 12.4. The van der Waals surface area contributed by atoms with Crippen molar-refractivity contribution in [2.24, 2.45) is 0 Å². The molecule has 0 atom stereocenters. The van der Waals surface area contributed by atoms with Crippen molar-refractivity contribution in [2.75, 3.05) is 5.32 Å². The van der Waals surface area contributed by atoms with E-state index in [1.807, 2.05) is 30.3 Å². The molecule has 0 saturated carbocycles. The fraction of sp³-hybridized carbons (Fsp3) is 0.136. The zero-order valence-electron chi connectivity index (χ0n) is 14.6. The van der Waals surface area contributed by atoms with Gasteiger partial charge in [-0.3, -0.25) is 4.79 Å². The lowest BCUT2D eigenvalue weighted by atomic mass is 10.1. The Balaban J connectivity index is 1.60. The molecule has 0 bridgehead atoms. The van der Waals surface area contributed by atoms with Crippen LogP contribution in [0.5, 0.6) is 0 Å². The molecule has 0 saturated heterocycles. The van der Waals surface area contributed by atoms with Gasteiger partial charge < -0.3 is 10.6 Å². The zero-order valence-corrected chi connectivity index (χ0v) is 15.4. The second kappa shape index (κ2) is 8.65. The molecular formula is C22H21ClN2O. The summed E-state index contributed by atoms with van der Waals surface area (Å²) in [7, 11) is 0. The van der Waals surface area contributed by atoms with Crippen molar-refractivity contribution in [3.8, 4) is 0 Å². The van der Waals surface area contributed by atoms with Crippen LogP contribution < -0.4 is 10.6 Å². The molecule has 2 N–H and O–H groups in total. The number of hydrogen-bond acceptors (Lipinski definition) is 2. The number of carbonyl (C=O) groups is 1. The van der Waals surface area contributed by atoms with E-state index in [0.29, 0.717) is 10.6 Å². The Hall–Kier alpha value is -2.62. The number of rotatable bonds is 6. The van der Waals surface area contributed by atoms with Crippen LogP contribution in [0.4, 0.5) is 5.69 Å². The molecule has 26 heavy (non-hydrogen) atoms. The Morgan fingerprint density at radius 3 is 2.50 bits per heavy atom. The van der Waals surface area contributed by atoms with Gasteiger partial charge in [-0.05, 0) is 47.9 Å². The monoisotopic (exact) mass is 364 g/mol. The van der Waals surface area contributed by atoms with Crippen LogP contribution in [-0.2, 0) is 13.1 Å². The Bertz CT molecular complexity index is 908. The number of anilines is 1. The van der Waals surface area contributed by atoms with Gasteiger partial charge >= 0.3 is 0 Å². The van der Waals surface area contributed by atoms with E-state index < -0.39 is 0 Å². The lowest BCUT2D eigenvalue weighted by Crippen LogP contribution is -2.15. The van der Waals surface area contributed by atoms with Gasteiger partial charge in [0.25, 0.3) is 5.91 Å².